The second-order valence-electron chi connectivity index (χ2n) is 6.12. The van der Waals surface area contributed by atoms with Gasteiger partial charge in [0.05, 0.1) is 4.90 Å². The van der Waals surface area contributed by atoms with Crippen LogP contribution in [0.3, 0.4) is 0 Å². The van der Waals surface area contributed by atoms with Crippen LogP contribution in [0, 0.1) is 5.92 Å². The Morgan fingerprint density at radius 1 is 1.27 bits per heavy atom. The van der Waals surface area contributed by atoms with E-state index < -0.39 is 10.0 Å². The SMILES string of the molecule is CC(C)c1ccc(S(=O)(=O)NCCC2CCCNC2)cc1.Cl. The van der Waals surface area contributed by atoms with Gasteiger partial charge in [-0.25, -0.2) is 13.1 Å². The third-order valence-electron chi connectivity index (χ3n) is 4.10. The molecule has 0 saturated carbocycles. The molecule has 1 aliphatic heterocycles. The van der Waals surface area contributed by atoms with Gasteiger partial charge in [0.25, 0.3) is 0 Å². The predicted molar refractivity (Wildman–Crippen MR) is 93.2 cm³/mol. The summed E-state index contributed by atoms with van der Waals surface area (Å²) in [4.78, 5) is 0.355. The lowest BCUT2D eigenvalue weighted by Crippen LogP contribution is -2.33. The van der Waals surface area contributed by atoms with Crippen LogP contribution in [0.2, 0.25) is 0 Å². The quantitative estimate of drug-likeness (QED) is 0.832. The molecule has 126 valence electrons. The van der Waals surface area contributed by atoms with E-state index in [0.29, 0.717) is 23.3 Å². The van der Waals surface area contributed by atoms with Gasteiger partial charge in [-0.15, -0.1) is 12.4 Å². The summed E-state index contributed by atoms with van der Waals surface area (Å²) in [6.45, 7) is 6.80. The number of nitrogens with one attached hydrogen (secondary N) is 2. The Kier molecular flexibility index (Phi) is 7.83. The van der Waals surface area contributed by atoms with Gasteiger partial charge in [-0.05, 0) is 61.9 Å². The van der Waals surface area contributed by atoms with E-state index in [2.05, 4.69) is 23.9 Å². The molecule has 0 radical (unpaired) electrons. The van der Waals surface area contributed by atoms with E-state index >= 15 is 0 Å². The molecular weight excluding hydrogens is 320 g/mol. The largest absolute Gasteiger partial charge is 0.316 e. The second kappa shape index (κ2) is 8.87. The zero-order valence-electron chi connectivity index (χ0n) is 13.3. The van der Waals surface area contributed by atoms with E-state index in [0.717, 1.165) is 25.1 Å². The van der Waals surface area contributed by atoms with Crippen LogP contribution in [-0.4, -0.2) is 28.1 Å². The minimum Gasteiger partial charge on any atom is -0.316 e. The molecule has 0 aliphatic carbocycles. The van der Waals surface area contributed by atoms with Crippen molar-refractivity contribution < 1.29 is 8.42 Å². The van der Waals surface area contributed by atoms with Crippen LogP contribution in [0.4, 0.5) is 0 Å². The van der Waals surface area contributed by atoms with Crippen LogP contribution in [0.15, 0.2) is 29.2 Å². The molecule has 0 spiro atoms. The van der Waals surface area contributed by atoms with Gasteiger partial charge in [0, 0.05) is 6.54 Å². The van der Waals surface area contributed by atoms with Crippen molar-refractivity contribution in [2.75, 3.05) is 19.6 Å². The van der Waals surface area contributed by atoms with Gasteiger partial charge in [-0.3, -0.25) is 0 Å². The summed E-state index contributed by atoms with van der Waals surface area (Å²) in [5.41, 5.74) is 1.15. The molecule has 22 heavy (non-hydrogen) atoms. The van der Waals surface area contributed by atoms with Crippen molar-refractivity contribution in [1.82, 2.24) is 10.0 Å². The van der Waals surface area contributed by atoms with E-state index in [-0.39, 0.29) is 12.4 Å². The van der Waals surface area contributed by atoms with Gasteiger partial charge < -0.3 is 5.32 Å². The third-order valence-corrected chi connectivity index (χ3v) is 5.58. The molecular formula is C16H27ClN2O2S. The number of hydrogen-bond acceptors (Lipinski definition) is 3. The Labute approximate surface area is 140 Å². The van der Waals surface area contributed by atoms with Crippen molar-refractivity contribution in [2.45, 2.75) is 43.9 Å². The number of hydrogen-bond donors (Lipinski definition) is 2. The summed E-state index contributed by atoms with van der Waals surface area (Å²) in [7, 11) is -3.37. The Morgan fingerprint density at radius 3 is 2.50 bits per heavy atom. The van der Waals surface area contributed by atoms with Gasteiger partial charge >= 0.3 is 0 Å². The number of sulfonamides is 1. The van der Waals surface area contributed by atoms with Gasteiger partial charge in [0.2, 0.25) is 10.0 Å². The molecule has 0 aromatic heterocycles. The first-order valence-corrected chi connectivity index (χ1v) is 9.27. The molecule has 6 heteroatoms. The first-order chi connectivity index (χ1) is 9.99. The summed E-state index contributed by atoms with van der Waals surface area (Å²) in [6.07, 6.45) is 3.28. The molecule has 0 amide bonds. The minimum absolute atomic E-state index is 0. The molecule has 0 bridgehead atoms. The standard InChI is InChI=1S/C16H26N2O2S.ClH/c1-13(2)15-5-7-16(8-6-15)21(19,20)18-11-9-14-4-3-10-17-12-14;/h5-8,13-14,17-18H,3-4,9-12H2,1-2H3;1H. The Bertz CT molecular complexity index is 538. The van der Waals surface area contributed by atoms with E-state index in [1.54, 1.807) is 12.1 Å². The van der Waals surface area contributed by atoms with Gasteiger partial charge in [0.1, 0.15) is 0 Å². The molecule has 1 unspecified atom stereocenters. The fourth-order valence-electron chi connectivity index (χ4n) is 2.68. The number of halogens is 1. The van der Waals surface area contributed by atoms with Gasteiger partial charge in [-0.1, -0.05) is 26.0 Å². The molecule has 1 fully saturated rings. The van der Waals surface area contributed by atoms with Crippen molar-refractivity contribution in [2.24, 2.45) is 5.92 Å². The second-order valence-corrected chi connectivity index (χ2v) is 7.89. The summed E-state index contributed by atoms with van der Waals surface area (Å²) in [5, 5.41) is 3.35. The van der Waals surface area contributed by atoms with Crippen molar-refractivity contribution >= 4 is 22.4 Å². The van der Waals surface area contributed by atoms with E-state index in [1.165, 1.54) is 12.8 Å². The van der Waals surface area contributed by atoms with Gasteiger partial charge in [0.15, 0.2) is 0 Å². The highest BCUT2D eigenvalue weighted by atomic mass is 35.5. The average molecular weight is 347 g/mol. The maximum absolute atomic E-state index is 12.2. The van der Waals surface area contributed by atoms with Crippen LogP contribution in [0.1, 0.15) is 44.6 Å². The Hall–Kier alpha value is -0.620. The van der Waals surface area contributed by atoms with Crippen LogP contribution in [0.5, 0.6) is 0 Å². The zero-order chi connectivity index (χ0) is 15.3. The Balaban J connectivity index is 0.00000242. The molecule has 1 heterocycles. The lowest BCUT2D eigenvalue weighted by Gasteiger charge is -2.22. The van der Waals surface area contributed by atoms with Crippen molar-refractivity contribution in [3.63, 3.8) is 0 Å². The van der Waals surface area contributed by atoms with Crippen molar-refractivity contribution in [3.05, 3.63) is 29.8 Å². The number of rotatable bonds is 6. The molecule has 1 aliphatic rings. The first kappa shape index (κ1) is 19.4. The maximum Gasteiger partial charge on any atom is 0.240 e. The maximum atomic E-state index is 12.2. The molecule has 2 rings (SSSR count). The zero-order valence-corrected chi connectivity index (χ0v) is 15.0. The van der Waals surface area contributed by atoms with Crippen LogP contribution >= 0.6 is 12.4 Å². The molecule has 4 nitrogen and oxygen atoms in total. The lowest BCUT2D eigenvalue weighted by atomic mass is 9.96. The van der Waals surface area contributed by atoms with Crippen molar-refractivity contribution in [3.8, 4) is 0 Å². The molecule has 1 atom stereocenters. The number of piperidine rings is 1. The average Bonchev–Trinajstić information content (AvgIpc) is 2.48. The van der Waals surface area contributed by atoms with E-state index in [4.69, 9.17) is 0 Å². The molecule has 1 aromatic carbocycles. The highest BCUT2D eigenvalue weighted by Crippen LogP contribution is 2.18. The van der Waals surface area contributed by atoms with Crippen LogP contribution in [-0.2, 0) is 10.0 Å². The predicted octanol–water partition coefficient (Wildman–Crippen LogP) is 2.90. The van der Waals surface area contributed by atoms with Crippen LogP contribution < -0.4 is 10.0 Å². The highest BCUT2D eigenvalue weighted by Gasteiger charge is 2.16. The third kappa shape index (κ3) is 5.54. The fourth-order valence-corrected chi connectivity index (χ4v) is 3.73. The fraction of sp³-hybridized carbons (Fsp3) is 0.625. The summed E-state index contributed by atoms with van der Waals surface area (Å²) >= 11 is 0. The summed E-state index contributed by atoms with van der Waals surface area (Å²) in [5.74, 6) is 0.998. The van der Waals surface area contributed by atoms with Crippen molar-refractivity contribution in [1.29, 1.82) is 0 Å². The Morgan fingerprint density at radius 2 is 1.95 bits per heavy atom. The monoisotopic (exact) mass is 346 g/mol. The van der Waals surface area contributed by atoms with E-state index in [1.807, 2.05) is 12.1 Å². The van der Waals surface area contributed by atoms with E-state index in [9.17, 15) is 8.42 Å². The normalized spacial score (nSPS) is 19.0. The lowest BCUT2D eigenvalue weighted by molar-refractivity contribution is 0.358. The summed E-state index contributed by atoms with van der Waals surface area (Å²) in [6, 6.07) is 7.17. The first-order valence-electron chi connectivity index (χ1n) is 7.79. The van der Waals surface area contributed by atoms with Gasteiger partial charge in [-0.2, -0.15) is 0 Å². The number of benzene rings is 1. The molecule has 1 saturated heterocycles. The topological polar surface area (TPSA) is 58.2 Å². The highest BCUT2D eigenvalue weighted by molar-refractivity contribution is 7.89. The smallest absolute Gasteiger partial charge is 0.240 e. The minimum atomic E-state index is -3.37. The summed E-state index contributed by atoms with van der Waals surface area (Å²) < 4.78 is 27.2. The molecule has 2 N–H and O–H groups in total. The van der Waals surface area contributed by atoms with Crippen LogP contribution in [0.25, 0.3) is 0 Å². The molecule has 1 aromatic rings.